The molecule has 0 aliphatic heterocycles. The van der Waals surface area contributed by atoms with E-state index in [9.17, 15) is 22.9 Å². The van der Waals surface area contributed by atoms with Gasteiger partial charge >= 0.3 is 59.1 Å². The fourth-order valence-electron chi connectivity index (χ4n) is 1.28. The molecule has 0 bridgehead atoms. The second-order valence-corrected chi connectivity index (χ2v) is 4.43. The Labute approximate surface area is 149 Å². The van der Waals surface area contributed by atoms with Crippen molar-refractivity contribution in [3.8, 4) is 5.75 Å². The number of carbonyl (C=O) groups excluding carboxylic acids is 1. The molecule has 0 atom stereocenters. The SMILES string of the molecule is COc1cc(C)cc(S(=O)(=O)[O-])c1C(=O)[O-].[Na+].[Na+]. The predicted octanol–water partition coefficient (Wildman–Crippen LogP) is -6.72. The van der Waals surface area contributed by atoms with Crippen LogP contribution in [0.2, 0.25) is 0 Å². The molecule has 0 saturated carbocycles. The average molecular weight is 290 g/mol. The van der Waals surface area contributed by atoms with Crippen LogP contribution in [0.15, 0.2) is 17.0 Å². The normalized spacial score (nSPS) is 9.94. The zero-order chi connectivity index (χ0) is 12.5. The maximum absolute atomic E-state index is 10.9. The molecular formula is C9H8Na2O6S. The molecule has 9 heteroatoms. The Kier molecular flexibility index (Phi) is 9.05. The van der Waals surface area contributed by atoms with Crippen molar-refractivity contribution in [2.45, 2.75) is 11.8 Å². The minimum Gasteiger partial charge on any atom is -0.744 e. The second-order valence-electron chi connectivity index (χ2n) is 3.08. The summed E-state index contributed by atoms with van der Waals surface area (Å²) in [7, 11) is -3.72. The Hall–Kier alpha value is 0.400. The molecule has 0 aliphatic rings. The molecule has 0 heterocycles. The van der Waals surface area contributed by atoms with Gasteiger partial charge in [0, 0.05) is 0 Å². The van der Waals surface area contributed by atoms with Crippen molar-refractivity contribution in [2.24, 2.45) is 0 Å². The summed E-state index contributed by atoms with van der Waals surface area (Å²) >= 11 is 0. The molecule has 1 aromatic rings. The quantitative estimate of drug-likeness (QED) is 0.404. The fourth-order valence-corrected chi connectivity index (χ4v) is 2.04. The minimum atomic E-state index is -4.88. The van der Waals surface area contributed by atoms with Gasteiger partial charge in [0.05, 0.1) is 23.5 Å². The summed E-state index contributed by atoms with van der Waals surface area (Å²) in [5.41, 5.74) is -0.348. The Bertz CT molecular complexity index is 540. The molecule has 0 saturated heterocycles. The van der Waals surface area contributed by atoms with E-state index in [-0.39, 0.29) is 64.9 Å². The van der Waals surface area contributed by atoms with Crippen LogP contribution < -0.4 is 69.0 Å². The third kappa shape index (κ3) is 4.82. The minimum absolute atomic E-state index is 0. The molecule has 88 valence electrons. The van der Waals surface area contributed by atoms with E-state index in [0.29, 0.717) is 5.56 Å². The zero-order valence-corrected chi connectivity index (χ0v) is 15.3. The van der Waals surface area contributed by atoms with E-state index in [2.05, 4.69) is 0 Å². The van der Waals surface area contributed by atoms with E-state index >= 15 is 0 Å². The standard InChI is InChI=1S/C9H10O6S.2Na/c1-5-3-6(15-2)8(9(10)11)7(4-5)16(12,13)14;;/h3-4H,1-2H3,(H,10,11)(H,12,13,14);;/q;2*+1/p-2. The van der Waals surface area contributed by atoms with Crippen LogP contribution in [-0.2, 0) is 10.1 Å². The molecule has 0 amide bonds. The van der Waals surface area contributed by atoms with Crippen molar-refractivity contribution in [3.05, 3.63) is 23.3 Å². The van der Waals surface area contributed by atoms with E-state index in [4.69, 9.17) is 4.74 Å². The summed E-state index contributed by atoms with van der Waals surface area (Å²) in [6.45, 7) is 1.51. The summed E-state index contributed by atoms with van der Waals surface area (Å²) in [4.78, 5) is 9.92. The molecule has 0 fully saturated rings. The first-order valence-electron chi connectivity index (χ1n) is 4.13. The number of methoxy groups -OCH3 is 1. The molecule has 0 unspecified atom stereocenters. The van der Waals surface area contributed by atoms with Gasteiger partial charge in [0.2, 0.25) is 0 Å². The third-order valence-electron chi connectivity index (χ3n) is 1.90. The van der Waals surface area contributed by atoms with Crippen molar-refractivity contribution in [3.63, 3.8) is 0 Å². The number of benzene rings is 1. The summed E-state index contributed by atoms with van der Waals surface area (Å²) in [6, 6.07) is 2.27. The number of aryl methyl sites for hydroxylation is 1. The van der Waals surface area contributed by atoms with Crippen molar-refractivity contribution in [2.75, 3.05) is 7.11 Å². The van der Waals surface area contributed by atoms with Gasteiger partial charge in [-0.1, -0.05) is 0 Å². The van der Waals surface area contributed by atoms with Gasteiger partial charge in [0.15, 0.2) is 0 Å². The first-order valence-corrected chi connectivity index (χ1v) is 5.54. The molecule has 0 spiro atoms. The molecule has 6 nitrogen and oxygen atoms in total. The van der Waals surface area contributed by atoms with E-state index in [1.54, 1.807) is 0 Å². The van der Waals surface area contributed by atoms with Crippen LogP contribution in [-0.4, -0.2) is 26.0 Å². The Balaban J connectivity index is 0. The number of carboxylic acids is 1. The maximum atomic E-state index is 10.9. The summed E-state index contributed by atoms with van der Waals surface area (Å²) in [6.07, 6.45) is 0. The van der Waals surface area contributed by atoms with Gasteiger partial charge in [-0.2, -0.15) is 0 Å². The van der Waals surface area contributed by atoms with E-state index in [1.807, 2.05) is 0 Å². The second kappa shape index (κ2) is 7.86. The van der Waals surface area contributed by atoms with Gasteiger partial charge in [-0.15, -0.1) is 0 Å². The van der Waals surface area contributed by atoms with Crippen molar-refractivity contribution < 1.29 is 86.7 Å². The molecule has 18 heavy (non-hydrogen) atoms. The van der Waals surface area contributed by atoms with Crippen LogP contribution in [0.4, 0.5) is 0 Å². The van der Waals surface area contributed by atoms with Crippen LogP contribution in [0.3, 0.4) is 0 Å². The molecule has 1 aromatic carbocycles. The van der Waals surface area contributed by atoms with E-state index < -0.39 is 26.5 Å². The Morgan fingerprint density at radius 2 is 1.78 bits per heavy atom. The van der Waals surface area contributed by atoms with Crippen molar-refractivity contribution >= 4 is 16.1 Å². The monoisotopic (exact) mass is 290 g/mol. The number of aromatic carboxylic acids is 1. The van der Waals surface area contributed by atoms with Crippen molar-refractivity contribution in [1.82, 2.24) is 0 Å². The van der Waals surface area contributed by atoms with Gasteiger partial charge in [-0.05, 0) is 24.6 Å². The van der Waals surface area contributed by atoms with Gasteiger partial charge in [0.25, 0.3) is 0 Å². The van der Waals surface area contributed by atoms with Gasteiger partial charge < -0.3 is 19.2 Å². The predicted molar refractivity (Wildman–Crippen MR) is 50.0 cm³/mol. The van der Waals surface area contributed by atoms with E-state index in [1.165, 1.54) is 20.1 Å². The summed E-state index contributed by atoms with van der Waals surface area (Å²) in [5.74, 6) is -1.99. The molecule has 0 N–H and O–H groups in total. The molecular weight excluding hydrogens is 282 g/mol. The number of carbonyl (C=O) groups is 1. The number of carboxylic acid groups (broad SMARTS) is 1. The van der Waals surface area contributed by atoms with Gasteiger partial charge in [-0.3, -0.25) is 0 Å². The Morgan fingerprint density at radius 1 is 1.28 bits per heavy atom. The van der Waals surface area contributed by atoms with Crippen LogP contribution in [0.25, 0.3) is 0 Å². The van der Waals surface area contributed by atoms with Crippen molar-refractivity contribution in [1.29, 1.82) is 0 Å². The van der Waals surface area contributed by atoms with Crippen LogP contribution in [0, 0.1) is 6.92 Å². The van der Waals surface area contributed by atoms with Gasteiger partial charge in [-0.25, -0.2) is 8.42 Å². The van der Waals surface area contributed by atoms with Crippen LogP contribution in [0.1, 0.15) is 15.9 Å². The van der Waals surface area contributed by atoms with Crippen LogP contribution >= 0.6 is 0 Å². The topological polar surface area (TPSA) is 107 Å². The molecule has 0 aromatic heterocycles. The first kappa shape index (κ1) is 20.7. The zero-order valence-electron chi connectivity index (χ0n) is 10.5. The molecule has 0 radical (unpaired) electrons. The largest absolute Gasteiger partial charge is 1.00 e. The fraction of sp³-hybridized carbons (Fsp3) is 0.222. The Morgan fingerprint density at radius 3 is 2.11 bits per heavy atom. The summed E-state index contributed by atoms with van der Waals surface area (Å²) < 4.78 is 37.3. The number of hydrogen-bond acceptors (Lipinski definition) is 6. The molecule has 0 aliphatic carbocycles. The number of hydrogen-bond donors (Lipinski definition) is 0. The smallest absolute Gasteiger partial charge is 0.744 e. The van der Waals surface area contributed by atoms with Gasteiger partial charge in [0.1, 0.15) is 15.9 Å². The van der Waals surface area contributed by atoms with E-state index in [0.717, 1.165) is 6.07 Å². The molecule has 1 rings (SSSR count). The first-order chi connectivity index (χ1) is 7.27. The average Bonchev–Trinajstić information content (AvgIpc) is 2.14. The number of rotatable bonds is 3. The van der Waals surface area contributed by atoms with Crippen LogP contribution in [0.5, 0.6) is 5.75 Å². The number of ether oxygens (including phenoxy) is 1. The summed E-state index contributed by atoms with van der Waals surface area (Å²) in [5, 5.41) is 10.8. The third-order valence-corrected chi connectivity index (χ3v) is 2.76. The maximum Gasteiger partial charge on any atom is 1.00 e.